The van der Waals surface area contributed by atoms with Gasteiger partial charge in [-0.25, -0.2) is 0 Å². The molecule has 3 nitrogen and oxygen atoms in total. The van der Waals surface area contributed by atoms with Gasteiger partial charge >= 0.3 is 0 Å². The smallest absolute Gasteiger partial charge is 0.233 e. The largest absolute Gasteiger partial charge is 0.324 e. The van der Waals surface area contributed by atoms with Crippen LogP contribution in [0.1, 0.15) is 24.1 Å². The van der Waals surface area contributed by atoms with Gasteiger partial charge in [-0.05, 0) is 47.6 Å². The van der Waals surface area contributed by atoms with Crippen LogP contribution in [0.4, 0.5) is 0 Å². The summed E-state index contributed by atoms with van der Waals surface area (Å²) in [5.74, 6) is 0.856. The monoisotopic (exact) mass is 376 g/mol. The average Bonchev–Trinajstić information content (AvgIpc) is 2.85. The number of carbonyl (C=O) groups excluding carboxylic acids is 1. The summed E-state index contributed by atoms with van der Waals surface area (Å²) in [6.07, 6.45) is 0. The lowest BCUT2D eigenvalue weighted by Gasteiger charge is -2.34. The number of nitrogens with zero attached hydrogens (tertiary/aromatic N) is 2. The first kappa shape index (κ1) is 16.3. The molecule has 1 unspecified atom stereocenters. The molecule has 1 aromatic heterocycles. The van der Waals surface area contributed by atoms with Gasteiger partial charge in [-0.1, -0.05) is 13.8 Å². The van der Waals surface area contributed by atoms with Crippen LogP contribution in [0.15, 0.2) is 15.9 Å². The van der Waals surface area contributed by atoms with Crippen LogP contribution in [0, 0.1) is 5.41 Å². The zero-order chi connectivity index (χ0) is 14.9. The molecule has 6 heteroatoms. The molecule has 0 spiro atoms. The quantitative estimate of drug-likeness (QED) is 0.782. The van der Waals surface area contributed by atoms with Gasteiger partial charge in [0.2, 0.25) is 5.91 Å². The second-order valence-corrected chi connectivity index (χ2v) is 9.79. The number of thioether (sulfide) groups is 1. The van der Waals surface area contributed by atoms with E-state index in [1.165, 1.54) is 4.88 Å². The Morgan fingerprint density at radius 1 is 1.45 bits per heavy atom. The molecular formula is C14H21BrN2OS2. The molecule has 1 atom stereocenters. The SMILES string of the molecule is CN(C)CC(C)(C)CN1C(=O)CSC1c1ccc(Br)s1. The van der Waals surface area contributed by atoms with E-state index in [0.717, 1.165) is 16.9 Å². The summed E-state index contributed by atoms with van der Waals surface area (Å²) in [4.78, 5) is 17.7. The Morgan fingerprint density at radius 2 is 2.15 bits per heavy atom. The lowest BCUT2D eigenvalue weighted by molar-refractivity contribution is -0.129. The molecule has 0 saturated carbocycles. The Labute approximate surface area is 137 Å². The number of thiophene rings is 1. The average molecular weight is 377 g/mol. The van der Waals surface area contributed by atoms with Gasteiger partial charge in [0.25, 0.3) is 0 Å². The molecule has 112 valence electrons. The Hall–Kier alpha value is -0.0400. The van der Waals surface area contributed by atoms with E-state index in [2.05, 4.69) is 60.9 Å². The number of carbonyl (C=O) groups is 1. The van der Waals surface area contributed by atoms with Crippen molar-refractivity contribution in [2.24, 2.45) is 5.41 Å². The highest BCUT2D eigenvalue weighted by atomic mass is 79.9. The van der Waals surface area contributed by atoms with Crippen LogP contribution < -0.4 is 0 Å². The van der Waals surface area contributed by atoms with E-state index in [1.807, 2.05) is 4.90 Å². The van der Waals surface area contributed by atoms with Gasteiger partial charge in [0.15, 0.2) is 0 Å². The second kappa shape index (κ2) is 6.38. The second-order valence-electron chi connectivity index (χ2n) is 6.23. The molecule has 1 aliphatic heterocycles. The number of rotatable bonds is 5. The molecule has 0 bridgehead atoms. The summed E-state index contributed by atoms with van der Waals surface area (Å²) in [5, 5.41) is 0.181. The molecule has 0 N–H and O–H groups in total. The molecule has 2 rings (SSSR count). The molecule has 0 aliphatic carbocycles. The molecule has 0 radical (unpaired) electrons. The normalized spacial score (nSPS) is 20.2. The van der Waals surface area contributed by atoms with Gasteiger partial charge in [0.05, 0.1) is 9.54 Å². The van der Waals surface area contributed by atoms with Crippen molar-refractivity contribution in [3.8, 4) is 0 Å². The molecular weight excluding hydrogens is 356 g/mol. The van der Waals surface area contributed by atoms with Crippen LogP contribution in [-0.4, -0.2) is 48.6 Å². The number of hydrogen-bond acceptors (Lipinski definition) is 4. The van der Waals surface area contributed by atoms with E-state index in [1.54, 1.807) is 23.1 Å². The Balaban J connectivity index is 2.13. The van der Waals surface area contributed by atoms with Crippen LogP contribution in [0.5, 0.6) is 0 Å². The molecule has 2 heterocycles. The predicted octanol–water partition coefficient (Wildman–Crippen LogP) is 3.67. The maximum absolute atomic E-state index is 12.2. The highest BCUT2D eigenvalue weighted by Gasteiger charge is 2.37. The fraction of sp³-hybridized carbons (Fsp3) is 0.643. The van der Waals surface area contributed by atoms with Gasteiger partial charge in [0.1, 0.15) is 5.37 Å². The van der Waals surface area contributed by atoms with Crippen LogP contribution in [0.3, 0.4) is 0 Å². The summed E-state index contributed by atoms with van der Waals surface area (Å²) < 4.78 is 1.12. The first-order valence-corrected chi connectivity index (χ1v) is 9.25. The van der Waals surface area contributed by atoms with Crippen molar-refractivity contribution in [3.63, 3.8) is 0 Å². The maximum atomic E-state index is 12.2. The van der Waals surface area contributed by atoms with Gasteiger partial charge in [0, 0.05) is 18.0 Å². The predicted molar refractivity (Wildman–Crippen MR) is 91.3 cm³/mol. The minimum Gasteiger partial charge on any atom is -0.324 e. The summed E-state index contributed by atoms with van der Waals surface area (Å²) in [7, 11) is 4.16. The Bertz CT molecular complexity index is 487. The van der Waals surface area contributed by atoms with Crippen molar-refractivity contribution >= 4 is 44.9 Å². The summed E-state index contributed by atoms with van der Waals surface area (Å²) in [5.41, 5.74) is 0.0940. The van der Waals surface area contributed by atoms with Crippen molar-refractivity contribution in [1.82, 2.24) is 9.80 Å². The molecule has 0 aromatic carbocycles. The van der Waals surface area contributed by atoms with Crippen molar-refractivity contribution < 1.29 is 4.79 Å². The topological polar surface area (TPSA) is 23.6 Å². The molecule has 20 heavy (non-hydrogen) atoms. The fourth-order valence-corrected chi connectivity index (χ4v) is 5.54. The first-order chi connectivity index (χ1) is 9.28. The Kier molecular flexibility index (Phi) is 5.21. The van der Waals surface area contributed by atoms with Crippen LogP contribution in [-0.2, 0) is 4.79 Å². The maximum Gasteiger partial charge on any atom is 0.233 e. The van der Waals surface area contributed by atoms with E-state index in [-0.39, 0.29) is 16.7 Å². The van der Waals surface area contributed by atoms with Crippen molar-refractivity contribution in [3.05, 3.63) is 20.8 Å². The molecule has 1 aromatic rings. The minimum atomic E-state index is 0.0940. The van der Waals surface area contributed by atoms with Crippen LogP contribution >= 0.6 is 39.0 Å². The van der Waals surface area contributed by atoms with Crippen molar-refractivity contribution in [1.29, 1.82) is 0 Å². The zero-order valence-electron chi connectivity index (χ0n) is 12.4. The summed E-state index contributed by atoms with van der Waals surface area (Å²) >= 11 is 6.97. The van der Waals surface area contributed by atoms with E-state index in [9.17, 15) is 4.79 Å². The Morgan fingerprint density at radius 3 is 2.70 bits per heavy atom. The van der Waals surface area contributed by atoms with Crippen molar-refractivity contribution in [2.75, 3.05) is 32.9 Å². The zero-order valence-corrected chi connectivity index (χ0v) is 15.6. The lowest BCUT2D eigenvalue weighted by atomic mass is 9.92. The summed E-state index contributed by atoms with van der Waals surface area (Å²) in [6, 6.07) is 4.18. The first-order valence-electron chi connectivity index (χ1n) is 6.59. The lowest BCUT2D eigenvalue weighted by Crippen LogP contribution is -2.41. The highest BCUT2D eigenvalue weighted by molar-refractivity contribution is 9.11. The van der Waals surface area contributed by atoms with Gasteiger partial charge in [-0.2, -0.15) is 0 Å². The molecule has 1 fully saturated rings. The summed E-state index contributed by atoms with van der Waals surface area (Å²) in [6.45, 7) is 6.23. The minimum absolute atomic E-state index is 0.0940. The molecule has 1 saturated heterocycles. The third-order valence-electron chi connectivity index (χ3n) is 3.15. The number of hydrogen-bond donors (Lipinski definition) is 0. The van der Waals surface area contributed by atoms with E-state index in [0.29, 0.717) is 5.75 Å². The fourth-order valence-electron chi connectivity index (χ4n) is 2.69. The van der Waals surface area contributed by atoms with E-state index >= 15 is 0 Å². The number of halogens is 1. The standard InChI is InChI=1S/C14H21BrN2OS2/c1-14(2,8-16(3)4)9-17-12(18)7-19-13(17)10-5-6-11(15)20-10/h5-6,13H,7-9H2,1-4H3. The number of amides is 1. The van der Waals surface area contributed by atoms with Crippen LogP contribution in [0.25, 0.3) is 0 Å². The third kappa shape index (κ3) is 4.00. The molecule has 1 amide bonds. The van der Waals surface area contributed by atoms with Crippen molar-refractivity contribution in [2.45, 2.75) is 19.2 Å². The van der Waals surface area contributed by atoms with Crippen LogP contribution in [0.2, 0.25) is 0 Å². The highest BCUT2D eigenvalue weighted by Crippen LogP contribution is 2.43. The van der Waals surface area contributed by atoms with Gasteiger partial charge < -0.3 is 9.80 Å². The van der Waals surface area contributed by atoms with Gasteiger partial charge in [-0.3, -0.25) is 4.79 Å². The molecule has 1 aliphatic rings. The van der Waals surface area contributed by atoms with Gasteiger partial charge in [-0.15, -0.1) is 23.1 Å². The third-order valence-corrected chi connectivity index (χ3v) is 6.21. The van der Waals surface area contributed by atoms with E-state index in [4.69, 9.17) is 0 Å². The van der Waals surface area contributed by atoms with E-state index < -0.39 is 0 Å².